The molecule has 0 atom stereocenters. The van der Waals surface area contributed by atoms with Crippen molar-refractivity contribution in [1.82, 2.24) is 0 Å². The average Bonchev–Trinajstić information content (AvgIpc) is 2.30. The molecule has 2 N–H and O–H groups in total. The molecule has 0 heterocycles. The van der Waals surface area contributed by atoms with E-state index in [2.05, 4.69) is 0 Å². The van der Waals surface area contributed by atoms with Crippen LogP contribution in [0.1, 0.15) is 10.4 Å². The molecule has 0 saturated carbocycles. The van der Waals surface area contributed by atoms with Crippen LogP contribution in [-0.2, 0) is 0 Å². The van der Waals surface area contributed by atoms with E-state index >= 15 is 0 Å². The van der Waals surface area contributed by atoms with Gasteiger partial charge < -0.3 is 5.73 Å². The first kappa shape index (κ1) is 12.5. The highest BCUT2D eigenvalue weighted by Crippen LogP contribution is 2.19. The van der Waals surface area contributed by atoms with Crippen LogP contribution in [0.25, 0.3) is 11.1 Å². The Kier molecular flexibility index (Phi) is 4.26. The van der Waals surface area contributed by atoms with Crippen LogP contribution in [0.15, 0.2) is 54.6 Å². The Morgan fingerprint density at radius 3 is 2.12 bits per heavy atom. The molecule has 1 amide bonds. The summed E-state index contributed by atoms with van der Waals surface area (Å²) in [5, 5.41) is 0. The number of carbonyl (C=O) groups is 1. The highest BCUT2D eigenvalue weighted by Gasteiger charge is 2.02. The smallest absolute Gasteiger partial charge is 0.248 e. The van der Waals surface area contributed by atoms with Gasteiger partial charge in [-0.2, -0.15) is 0 Å². The molecule has 0 spiro atoms. The van der Waals surface area contributed by atoms with E-state index in [0.717, 1.165) is 11.1 Å². The molecule has 2 nitrogen and oxygen atoms in total. The van der Waals surface area contributed by atoms with Crippen LogP contribution >= 0.6 is 17.0 Å². The van der Waals surface area contributed by atoms with Gasteiger partial charge in [-0.3, -0.25) is 4.79 Å². The normalized spacial score (nSPS) is 9.25. The van der Waals surface area contributed by atoms with Crippen LogP contribution in [0.4, 0.5) is 0 Å². The zero-order valence-corrected chi connectivity index (χ0v) is 10.3. The van der Waals surface area contributed by atoms with Crippen molar-refractivity contribution >= 4 is 22.9 Å². The van der Waals surface area contributed by atoms with E-state index in [9.17, 15) is 4.79 Å². The van der Waals surface area contributed by atoms with Crippen LogP contribution in [0, 0.1) is 0 Å². The molecule has 2 rings (SSSR count). The second-order valence-electron chi connectivity index (χ2n) is 3.31. The summed E-state index contributed by atoms with van der Waals surface area (Å²) in [6, 6.07) is 17.2. The second kappa shape index (κ2) is 5.47. The van der Waals surface area contributed by atoms with E-state index in [1.807, 2.05) is 42.5 Å². The fourth-order valence-corrected chi connectivity index (χ4v) is 1.48. The Morgan fingerprint density at radius 1 is 0.875 bits per heavy atom. The van der Waals surface area contributed by atoms with Crippen LogP contribution < -0.4 is 5.73 Å². The van der Waals surface area contributed by atoms with Crippen molar-refractivity contribution in [2.75, 3.05) is 0 Å². The lowest BCUT2D eigenvalue weighted by atomic mass is 10.0. The monoisotopic (exact) mass is 277 g/mol. The lowest BCUT2D eigenvalue weighted by Crippen LogP contribution is -2.10. The highest BCUT2D eigenvalue weighted by atomic mass is 79.9. The Hall–Kier alpha value is -1.61. The summed E-state index contributed by atoms with van der Waals surface area (Å²) in [5.74, 6) is -0.396. The summed E-state index contributed by atoms with van der Waals surface area (Å²) in [6.07, 6.45) is 0. The summed E-state index contributed by atoms with van der Waals surface area (Å²) in [4.78, 5) is 11.0. The molecule has 0 aliphatic carbocycles. The molecule has 0 aromatic heterocycles. The predicted molar refractivity (Wildman–Crippen MR) is 70.7 cm³/mol. The maximum atomic E-state index is 11.0. The van der Waals surface area contributed by atoms with Gasteiger partial charge >= 0.3 is 0 Å². The van der Waals surface area contributed by atoms with Crippen LogP contribution in [0.5, 0.6) is 0 Å². The van der Waals surface area contributed by atoms with Crippen molar-refractivity contribution in [3.63, 3.8) is 0 Å². The Morgan fingerprint density at radius 2 is 1.50 bits per heavy atom. The molecule has 0 bridgehead atoms. The van der Waals surface area contributed by atoms with Crippen molar-refractivity contribution in [2.24, 2.45) is 5.73 Å². The maximum Gasteiger partial charge on any atom is 0.248 e. The number of hydrogen-bond acceptors (Lipinski definition) is 1. The largest absolute Gasteiger partial charge is 0.366 e. The lowest BCUT2D eigenvalue weighted by Gasteiger charge is -2.02. The summed E-state index contributed by atoms with van der Waals surface area (Å²) in [6.45, 7) is 0. The Balaban J connectivity index is 0.00000128. The van der Waals surface area contributed by atoms with Gasteiger partial charge in [-0.15, -0.1) is 17.0 Å². The molecule has 0 aliphatic heterocycles. The number of nitrogens with two attached hydrogens (primary N) is 1. The molecular formula is C13H12BrNO. The molecule has 3 heteroatoms. The van der Waals surface area contributed by atoms with Gasteiger partial charge in [-0.25, -0.2) is 0 Å². The standard InChI is InChI=1S/C13H11NO.BrH/c14-13(15)12-8-4-7-11(9-12)10-5-2-1-3-6-10;/h1-9H,(H2,14,15);1H. The zero-order valence-electron chi connectivity index (χ0n) is 8.59. The predicted octanol–water partition coefficient (Wildman–Crippen LogP) is 3.03. The molecule has 2 aromatic rings. The van der Waals surface area contributed by atoms with Gasteiger partial charge in [0.2, 0.25) is 5.91 Å². The minimum Gasteiger partial charge on any atom is -0.366 e. The van der Waals surface area contributed by atoms with E-state index in [1.165, 1.54) is 0 Å². The first-order valence-electron chi connectivity index (χ1n) is 4.72. The maximum absolute atomic E-state index is 11.0. The van der Waals surface area contributed by atoms with E-state index in [-0.39, 0.29) is 17.0 Å². The van der Waals surface area contributed by atoms with Gasteiger partial charge in [-0.05, 0) is 23.3 Å². The van der Waals surface area contributed by atoms with Gasteiger partial charge in [0, 0.05) is 5.56 Å². The SMILES string of the molecule is Br.NC(=O)c1cccc(-c2ccccc2)c1. The summed E-state index contributed by atoms with van der Waals surface area (Å²) >= 11 is 0. The molecule has 2 aromatic carbocycles. The zero-order chi connectivity index (χ0) is 10.7. The third-order valence-electron chi connectivity index (χ3n) is 2.25. The van der Waals surface area contributed by atoms with Crippen molar-refractivity contribution in [3.8, 4) is 11.1 Å². The lowest BCUT2D eigenvalue weighted by molar-refractivity contribution is 0.100. The number of hydrogen-bond donors (Lipinski definition) is 1. The molecule has 0 unspecified atom stereocenters. The third kappa shape index (κ3) is 2.70. The van der Waals surface area contributed by atoms with Crippen LogP contribution in [0.3, 0.4) is 0 Å². The van der Waals surface area contributed by atoms with Gasteiger partial charge in [0.1, 0.15) is 0 Å². The molecule has 82 valence electrons. The van der Waals surface area contributed by atoms with E-state index < -0.39 is 5.91 Å². The first-order chi connectivity index (χ1) is 7.27. The minimum atomic E-state index is -0.396. The van der Waals surface area contributed by atoms with Crippen LogP contribution in [0.2, 0.25) is 0 Å². The van der Waals surface area contributed by atoms with Crippen molar-refractivity contribution in [2.45, 2.75) is 0 Å². The molecule has 0 saturated heterocycles. The fraction of sp³-hybridized carbons (Fsp3) is 0. The number of rotatable bonds is 2. The third-order valence-corrected chi connectivity index (χ3v) is 2.25. The molecule has 0 aliphatic rings. The molecule has 0 radical (unpaired) electrons. The van der Waals surface area contributed by atoms with Crippen LogP contribution in [-0.4, -0.2) is 5.91 Å². The van der Waals surface area contributed by atoms with Crippen molar-refractivity contribution in [3.05, 3.63) is 60.2 Å². The number of benzene rings is 2. The summed E-state index contributed by atoms with van der Waals surface area (Å²) in [5.41, 5.74) is 7.85. The van der Waals surface area contributed by atoms with E-state index in [1.54, 1.807) is 12.1 Å². The van der Waals surface area contributed by atoms with E-state index in [0.29, 0.717) is 5.56 Å². The second-order valence-corrected chi connectivity index (χ2v) is 3.31. The van der Waals surface area contributed by atoms with E-state index in [4.69, 9.17) is 5.73 Å². The Bertz CT molecular complexity index is 482. The average molecular weight is 278 g/mol. The topological polar surface area (TPSA) is 43.1 Å². The molecule has 16 heavy (non-hydrogen) atoms. The van der Waals surface area contributed by atoms with Gasteiger partial charge in [0.05, 0.1) is 0 Å². The number of primary amides is 1. The number of halogens is 1. The van der Waals surface area contributed by atoms with Gasteiger partial charge in [0.15, 0.2) is 0 Å². The molecular weight excluding hydrogens is 266 g/mol. The van der Waals surface area contributed by atoms with Gasteiger partial charge in [0.25, 0.3) is 0 Å². The Labute approximate surface area is 105 Å². The first-order valence-corrected chi connectivity index (χ1v) is 4.72. The highest BCUT2D eigenvalue weighted by molar-refractivity contribution is 8.93. The molecule has 0 fully saturated rings. The van der Waals surface area contributed by atoms with Gasteiger partial charge in [-0.1, -0.05) is 42.5 Å². The number of carbonyl (C=O) groups excluding carboxylic acids is 1. The van der Waals surface area contributed by atoms with Crippen molar-refractivity contribution in [1.29, 1.82) is 0 Å². The summed E-state index contributed by atoms with van der Waals surface area (Å²) < 4.78 is 0. The minimum absolute atomic E-state index is 0. The quantitative estimate of drug-likeness (QED) is 0.901. The fourth-order valence-electron chi connectivity index (χ4n) is 1.48. The summed E-state index contributed by atoms with van der Waals surface area (Å²) in [7, 11) is 0. The number of amides is 1. The van der Waals surface area contributed by atoms with Crippen molar-refractivity contribution < 1.29 is 4.79 Å².